The minimum atomic E-state index is 0.869. The maximum atomic E-state index is 5.48. The molecule has 0 amide bonds. The van der Waals surface area contributed by atoms with Crippen molar-refractivity contribution in [2.75, 3.05) is 46.4 Å². The largest absolute Gasteiger partial charge is 0.379 e. The van der Waals surface area contributed by atoms with Gasteiger partial charge in [0.15, 0.2) is 0 Å². The van der Waals surface area contributed by atoms with Gasteiger partial charge >= 0.3 is 0 Å². The van der Waals surface area contributed by atoms with Gasteiger partial charge in [-0.25, -0.2) is 0 Å². The molecule has 1 saturated heterocycles. The minimum absolute atomic E-state index is 0.869. The summed E-state index contributed by atoms with van der Waals surface area (Å²) in [6.45, 7) is 5.82. The van der Waals surface area contributed by atoms with E-state index in [0.717, 1.165) is 39.4 Å². The Morgan fingerprint density at radius 1 is 1.45 bits per heavy atom. The van der Waals surface area contributed by atoms with E-state index in [-0.39, 0.29) is 0 Å². The summed E-state index contributed by atoms with van der Waals surface area (Å²) in [5, 5.41) is 0. The van der Waals surface area contributed by atoms with Gasteiger partial charge in [0, 0.05) is 33.2 Å². The van der Waals surface area contributed by atoms with E-state index in [1.54, 1.807) is 4.90 Å². The molecular weight excluding hydrogens is 140 g/mol. The van der Waals surface area contributed by atoms with Crippen molar-refractivity contribution in [3.8, 4) is 0 Å². The van der Waals surface area contributed by atoms with Crippen LogP contribution in [-0.4, -0.2) is 56.2 Å². The van der Waals surface area contributed by atoms with Gasteiger partial charge in [-0.2, -0.15) is 0 Å². The van der Waals surface area contributed by atoms with Crippen LogP contribution in [-0.2, 0) is 4.74 Å². The van der Waals surface area contributed by atoms with E-state index in [2.05, 4.69) is 4.90 Å². The predicted molar refractivity (Wildman–Crippen MR) is 44.2 cm³/mol. The molecule has 11 heavy (non-hydrogen) atoms. The third-order valence-corrected chi connectivity index (χ3v) is 1.87. The number of likely N-dealkylation sites (N-methyl/N-ethyl adjacent to an activating group) is 1. The van der Waals surface area contributed by atoms with Crippen LogP contribution >= 0.6 is 0 Å². The Kier molecular flexibility index (Phi) is 3.83. The van der Waals surface area contributed by atoms with Crippen molar-refractivity contribution < 1.29 is 4.74 Å². The standard InChI is InChI=1S/C8H16N2O/c1-9(2)3-4-10-5-7-11-8-6-10/h1H,3-8H2,2H3. The lowest BCUT2D eigenvalue weighted by Crippen LogP contribution is -2.39. The summed E-state index contributed by atoms with van der Waals surface area (Å²) in [6, 6.07) is 0. The summed E-state index contributed by atoms with van der Waals surface area (Å²) in [7, 11) is 7.37. The lowest BCUT2D eigenvalue weighted by atomic mass is 10.4. The van der Waals surface area contributed by atoms with E-state index in [1.807, 2.05) is 7.05 Å². The van der Waals surface area contributed by atoms with Crippen LogP contribution in [0.4, 0.5) is 0 Å². The Hall–Kier alpha value is -0.120. The number of ether oxygens (including phenoxy) is 1. The van der Waals surface area contributed by atoms with Gasteiger partial charge in [0.2, 0.25) is 0 Å². The van der Waals surface area contributed by atoms with Crippen LogP contribution in [0.1, 0.15) is 0 Å². The van der Waals surface area contributed by atoms with Crippen molar-refractivity contribution in [1.29, 1.82) is 0 Å². The van der Waals surface area contributed by atoms with Gasteiger partial charge in [0.1, 0.15) is 0 Å². The smallest absolute Gasteiger partial charge is 0.0594 e. The summed E-state index contributed by atoms with van der Waals surface area (Å²) < 4.78 is 5.22. The Morgan fingerprint density at radius 2 is 2.09 bits per heavy atom. The third-order valence-electron chi connectivity index (χ3n) is 1.87. The van der Waals surface area contributed by atoms with Crippen LogP contribution < -0.4 is 0 Å². The Morgan fingerprint density at radius 3 is 2.64 bits per heavy atom. The molecule has 0 atom stereocenters. The maximum Gasteiger partial charge on any atom is 0.0594 e. The van der Waals surface area contributed by atoms with Crippen LogP contribution in [0.3, 0.4) is 0 Å². The second-order valence-corrected chi connectivity index (χ2v) is 2.93. The average molecular weight is 156 g/mol. The molecule has 0 aromatic carbocycles. The molecule has 3 nitrogen and oxygen atoms in total. The van der Waals surface area contributed by atoms with Gasteiger partial charge < -0.3 is 4.74 Å². The molecule has 1 aliphatic rings. The second-order valence-electron chi connectivity index (χ2n) is 2.93. The molecule has 1 aliphatic heterocycles. The molecule has 3 heteroatoms. The van der Waals surface area contributed by atoms with Crippen LogP contribution in [0.15, 0.2) is 0 Å². The normalized spacial score (nSPS) is 21.0. The van der Waals surface area contributed by atoms with E-state index in [1.165, 1.54) is 0 Å². The minimum Gasteiger partial charge on any atom is -0.379 e. The number of hydrogen-bond acceptors (Lipinski definition) is 3. The molecule has 0 saturated carbocycles. The molecule has 2 radical (unpaired) electrons. The topological polar surface area (TPSA) is 15.7 Å². The molecule has 0 unspecified atom stereocenters. The van der Waals surface area contributed by atoms with Gasteiger partial charge in [-0.15, -0.1) is 0 Å². The summed E-state index contributed by atoms with van der Waals surface area (Å²) in [5.41, 5.74) is 0. The monoisotopic (exact) mass is 156 g/mol. The number of rotatable bonds is 3. The van der Waals surface area contributed by atoms with Crippen molar-refractivity contribution >= 4 is 0 Å². The zero-order valence-electron chi connectivity index (χ0n) is 7.12. The van der Waals surface area contributed by atoms with Gasteiger partial charge in [0.25, 0.3) is 0 Å². The molecule has 64 valence electrons. The van der Waals surface area contributed by atoms with E-state index < -0.39 is 0 Å². The quantitative estimate of drug-likeness (QED) is 0.531. The first-order chi connectivity index (χ1) is 5.29. The van der Waals surface area contributed by atoms with Crippen molar-refractivity contribution in [3.63, 3.8) is 0 Å². The molecule has 0 bridgehead atoms. The molecule has 1 rings (SSSR count). The zero-order valence-corrected chi connectivity index (χ0v) is 7.12. The van der Waals surface area contributed by atoms with Crippen molar-refractivity contribution in [1.82, 2.24) is 9.80 Å². The van der Waals surface area contributed by atoms with E-state index >= 15 is 0 Å². The lowest BCUT2D eigenvalue weighted by molar-refractivity contribution is 0.0359. The SMILES string of the molecule is [CH]N(C)CCN1CCOCC1. The van der Waals surface area contributed by atoms with E-state index in [9.17, 15) is 0 Å². The van der Waals surface area contributed by atoms with Crippen molar-refractivity contribution in [2.24, 2.45) is 0 Å². The third kappa shape index (κ3) is 3.70. The van der Waals surface area contributed by atoms with Crippen LogP contribution in [0.25, 0.3) is 0 Å². The average Bonchev–Trinajstić information content (AvgIpc) is 2.03. The second kappa shape index (κ2) is 4.70. The molecule has 1 fully saturated rings. The van der Waals surface area contributed by atoms with Crippen LogP contribution in [0.2, 0.25) is 0 Å². The molecule has 0 spiro atoms. The Labute approximate surface area is 68.9 Å². The van der Waals surface area contributed by atoms with Crippen LogP contribution in [0, 0.1) is 7.05 Å². The van der Waals surface area contributed by atoms with Crippen molar-refractivity contribution in [3.05, 3.63) is 7.05 Å². The van der Waals surface area contributed by atoms with Gasteiger partial charge in [-0.3, -0.25) is 9.80 Å². The predicted octanol–water partition coefficient (Wildman–Crippen LogP) is -0.0810. The Balaban J connectivity index is 2.05. The first kappa shape index (κ1) is 8.97. The molecule has 0 aliphatic carbocycles. The molecule has 0 N–H and O–H groups in total. The van der Waals surface area contributed by atoms with Gasteiger partial charge in [-0.1, -0.05) is 0 Å². The molecular formula is C8H16N2O. The maximum absolute atomic E-state index is 5.48. The van der Waals surface area contributed by atoms with E-state index in [0.29, 0.717) is 0 Å². The summed E-state index contributed by atoms with van der Waals surface area (Å²) in [4.78, 5) is 4.09. The van der Waals surface area contributed by atoms with E-state index in [4.69, 9.17) is 11.8 Å². The highest BCUT2D eigenvalue weighted by Gasteiger charge is 2.09. The highest BCUT2D eigenvalue weighted by molar-refractivity contribution is 4.63. The number of hydrogen-bond donors (Lipinski definition) is 0. The highest BCUT2D eigenvalue weighted by atomic mass is 16.5. The summed E-state index contributed by atoms with van der Waals surface area (Å²) in [6.07, 6.45) is 0. The molecule has 0 aromatic heterocycles. The van der Waals surface area contributed by atoms with Gasteiger partial charge in [0.05, 0.1) is 13.2 Å². The fraction of sp³-hybridized carbons (Fsp3) is 0.875. The molecule has 1 heterocycles. The summed E-state index contributed by atoms with van der Waals surface area (Å²) in [5.74, 6) is 0. The first-order valence-electron chi connectivity index (χ1n) is 4.05. The number of morpholine rings is 1. The summed E-state index contributed by atoms with van der Waals surface area (Å²) >= 11 is 0. The lowest BCUT2D eigenvalue weighted by Gasteiger charge is -2.27. The highest BCUT2D eigenvalue weighted by Crippen LogP contribution is 1.95. The molecule has 0 aromatic rings. The Bertz CT molecular complexity index is 100. The van der Waals surface area contributed by atoms with Gasteiger partial charge in [-0.05, 0) is 7.05 Å². The number of nitrogens with zero attached hydrogens (tertiary/aromatic N) is 2. The fourth-order valence-corrected chi connectivity index (χ4v) is 1.12. The fourth-order valence-electron chi connectivity index (χ4n) is 1.12. The van der Waals surface area contributed by atoms with Crippen LogP contribution in [0.5, 0.6) is 0 Å². The van der Waals surface area contributed by atoms with Crippen molar-refractivity contribution in [2.45, 2.75) is 0 Å². The zero-order chi connectivity index (χ0) is 8.10. The first-order valence-corrected chi connectivity index (χ1v) is 4.05.